The highest BCUT2D eigenvalue weighted by molar-refractivity contribution is 6.04. The first-order chi connectivity index (χ1) is 16.8. The Bertz CT molecular complexity index is 1100. The Balaban J connectivity index is 1.64. The number of methoxy groups -OCH3 is 1. The molecule has 1 amide bonds. The first-order valence-electron chi connectivity index (χ1n) is 12.1. The summed E-state index contributed by atoms with van der Waals surface area (Å²) in [6.45, 7) is 12.1. The minimum Gasteiger partial charge on any atom is -0.493 e. The van der Waals surface area contributed by atoms with Crippen molar-refractivity contribution in [3.63, 3.8) is 0 Å². The Morgan fingerprint density at radius 2 is 1.54 bits per heavy atom. The lowest BCUT2D eigenvalue weighted by Crippen LogP contribution is -2.39. The van der Waals surface area contributed by atoms with Crippen molar-refractivity contribution in [3.05, 3.63) is 77.9 Å². The van der Waals surface area contributed by atoms with Crippen LogP contribution in [-0.2, 0) is 0 Å². The minimum atomic E-state index is -0.186. The highest BCUT2D eigenvalue weighted by Gasteiger charge is 2.15. The number of rotatable bonds is 11. The number of nitrogens with one attached hydrogen (secondary N) is 2. The zero-order valence-electron chi connectivity index (χ0n) is 21.6. The van der Waals surface area contributed by atoms with E-state index in [4.69, 9.17) is 9.47 Å². The van der Waals surface area contributed by atoms with Gasteiger partial charge in [-0.15, -0.1) is 0 Å². The third-order valence-electron chi connectivity index (χ3n) is 5.93. The molecule has 186 valence electrons. The van der Waals surface area contributed by atoms with Crippen molar-refractivity contribution in [2.24, 2.45) is 0 Å². The fraction of sp³-hybridized carbons (Fsp3) is 0.345. The Morgan fingerprint density at radius 1 is 0.886 bits per heavy atom. The van der Waals surface area contributed by atoms with Gasteiger partial charge in [0.05, 0.1) is 7.11 Å². The molecule has 3 aromatic rings. The fourth-order valence-corrected chi connectivity index (χ4v) is 4.02. The Hall–Kier alpha value is -3.51. The third kappa shape index (κ3) is 7.23. The van der Waals surface area contributed by atoms with Gasteiger partial charge in [0, 0.05) is 47.3 Å². The monoisotopic (exact) mass is 475 g/mol. The van der Waals surface area contributed by atoms with E-state index in [1.807, 2.05) is 54.6 Å². The molecule has 35 heavy (non-hydrogen) atoms. The van der Waals surface area contributed by atoms with E-state index in [1.54, 1.807) is 13.2 Å². The van der Waals surface area contributed by atoms with Gasteiger partial charge in [0.1, 0.15) is 6.61 Å². The van der Waals surface area contributed by atoms with Gasteiger partial charge in [0.25, 0.3) is 5.91 Å². The van der Waals surface area contributed by atoms with Gasteiger partial charge in [-0.2, -0.15) is 0 Å². The second-order valence-electron chi connectivity index (χ2n) is 9.11. The molecular formula is C29H37N3O3. The van der Waals surface area contributed by atoms with E-state index >= 15 is 0 Å². The van der Waals surface area contributed by atoms with Gasteiger partial charge in [-0.3, -0.25) is 9.69 Å². The molecule has 0 bridgehead atoms. The molecule has 0 atom stereocenters. The van der Waals surface area contributed by atoms with Crippen LogP contribution in [0.1, 0.15) is 43.6 Å². The highest BCUT2D eigenvalue weighted by Crippen LogP contribution is 2.30. The molecule has 0 aliphatic rings. The number of benzene rings is 3. The Labute approximate surface area is 209 Å². The molecule has 0 unspecified atom stereocenters. The molecule has 0 heterocycles. The number of ether oxygens (including phenoxy) is 2. The van der Waals surface area contributed by atoms with Crippen LogP contribution in [0.3, 0.4) is 0 Å². The molecular weight excluding hydrogens is 438 g/mol. The number of carbonyl (C=O) groups is 1. The van der Waals surface area contributed by atoms with Gasteiger partial charge in [0.2, 0.25) is 0 Å². The van der Waals surface area contributed by atoms with Crippen molar-refractivity contribution >= 4 is 23.0 Å². The summed E-state index contributed by atoms with van der Waals surface area (Å²) in [6.07, 6.45) is 0. The van der Waals surface area contributed by atoms with Crippen LogP contribution in [-0.4, -0.2) is 43.2 Å². The largest absolute Gasteiger partial charge is 0.493 e. The highest BCUT2D eigenvalue weighted by atomic mass is 16.5. The molecule has 0 saturated heterocycles. The molecule has 6 nitrogen and oxygen atoms in total. The molecule has 0 radical (unpaired) electrons. The number of anilines is 3. The summed E-state index contributed by atoms with van der Waals surface area (Å²) in [5.41, 5.74) is 4.35. The second-order valence-corrected chi connectivity index (χ2v) is 9.11. The van der Waals surface area contributed by atoms with E-state index in [9.17, 15) is 4.79 Å². The number of hydrogen-bond acceptors (Lipinski definition) is 5. The Kier molecular flexibility index (Phi) is 9.15. The lowest BCUT2D eigenvalue weighted by Gasteiger charge is -2.30. The van der Waals surface area contributed by atoms with E-state index in [0.29, 0.717) is 41.4 Å². The first kappa shape index (κ1) is 26.1. The van der Waals surface area contributed by atoms with Gasteiger partial charge in [-0.05, 0) is 82.6 Å². The van der Waals surface area contributed by atoms with E-state index in [-0.39, 0.29) is 5.91 Å². The molecule has 0 fully saturated rings. The fourth-order valence-electron chi connectivity index (χ4n) is 4.02. The average molecular weight is 476 g/mol. The van der Waals surface area contributed by atoms with Crippen molar-refractivity contribution in [3.8, 4) is 11.5 Å². The summed E-state index contributed by atoms with van der Waals surface area (Å²) in [5, 5.41) is 6.34. The minimum absolute atomic E-state index is 0.186. The number of carbonyl (C=O) groups excluding carboxylic acids is 1. The molecule has 3 aromatic carbocycles. The van der Waals surface area contributed by atoms with Crippen molar-refractivity contribution < 1.29 is 14.3 Å². The summed E-state index contributed by atoms with van der Waals surface area (Å²) in [5.74, 6) is 1.06. The molecule has 2 N–H and O–H groups in total. The van der Waals surface area contributed by atoms with Crippen LogP contribution in [0.2, 0.25) is 0 Å². The zero-order chi connectivity index (χ0) is 25.4. The maximum absolute atomic E-state index is 12.8. The number of amides is 1. The lowest BCUT2D eigenvalue weighted by atomic mass is 10.1. The van der Waals surface area contributed by atoms with Crippen molar-refractivity contribution in [2.75, 3.05) is 30.9 Å². The summed E-state index contributed by atoms with van der Waals surface area (Å²) >= 11 is 0. The molecule has 0 spiro atoms. The van der Waals surface area contributed by atoms with Gasteiger partial charge < -0.3 is 20.1 Å². The normalized spacial score (nSPS) is 11.1. The predicted octanol–water partition coefficient (Wildman–Crippen LogP) is 6.50. The SMILES string of the molecule is COc1ccc(NC(=O)c2ccc(Nc3ccccc3C)cc2)cc1OCCN(C(C)C)C(C)C. The summed E-state index contributed by atoms with van der Waals surface area (Å²) in [6, 6.07) is 21.8. The zero-order valence-corrected chi connectivity index (χ0v) is 21.6. The number of hydrogen-bond donors (Lipinski definition) is 2. The summed E-state index contributed by atoms with van der Waals surface area (Å²) < 4.78 is 11.5. The Morgan fingerprint density at radius 3 is 2.17 bits per heavy atom. The van der Waals surface area contributed by atoms with Crippen molar-refractivity contribution in [1.29, 1.82) is 0 Å². The van der Waals surface area contributed by atoms with Crippen LogP contribution in [0, 0.1) is 6.92 Å². The molecule has 0 aromatic heterocycles. The van der Waals surface area contributed by atoms with E-state index in [1.165, 1.54) is 0 Å². The molecule has 0 aliphatic carbocycles. The van der Waals surface area contributed by atoms with Crippen LogP contribution < -0.4 is 20.1 Å². The lowest BCUT2D eigenvalue weighted by molar-refractivity contribution is 0.102. The third-order valence-corrected chi connectivity index (χ3v) is 5.93. The van der Waals surface area contributed by atoms with Crippen LogP contribution >= 0.6 is 0 Å². The van der Waals surface area contributed by atoms with Crippen molar-refractivity contribution in [1.82, 2.24) is 4.90 Å². The summed E-state index contributed by atoms with van der Waals surface area (Å²) in [7, 11) is 1.61. The van der Waals surface area contributed by atoms with E-state index in [0.717, 1.165) is 23.5 Å². The van der Waals surface area contributed by atoms with Crippen LogP contribution in [0.25, 0.3) is 0 Å². The number of nitrogens with zero attached hydrogens (tertiary/aromatic N) is 1. The number of aryl methyl sites for hydroxylation is 1. The standard InChI is InChI=1S/C29H37N3O3/c1-20(2)32(21(3)4)17-18-35-28-19-25(15-16-27(28)34-6)31-29(33)23-11-13-24(14-12-23)30-26-10-8-7-9-22(26)5/h7-16,19-21,30H,17-18H2,1-6H3,(H,31,33). The molecule has 3 rings (SSSR count). The van der Waals surface area contributed by atoms with Gasteiger partial charge in [0.15, 0.2) is 11.5 Å². The number of para-hydroxylation sites is 1. The predicted molar refractivity (Wildman–Crippen MR) is 144 cm³/mol. The quantitative estimate of drug-likeness (QED) is 0.332. The smallest absolute Gasteiger partial charge is 0.255 e. The van der Waals surface area contributed by atoms with Crippen LogP contribution in [0.5, 0.6) is 11.5 Å². The first-order valence-corrected chi connectivity index (χ1v) is 12.1. The van der Waals surface area contributed by atoms with Crippen LogP contribution in [0.4, 0.5) is 17.1 Å². The molecule has 0 aliphatic heterocycles. The van der Waals surface area contributed by atoms with Crippen molar-refractivity contribution in [2.45, 2.75) is 46.7 Å². The maximum atomic E-state index is 12.8. The van der Waals surface area contributed by atoms with Gasteiger partial charge in [-0.25, -0.2) is 0 Å². The van der Waals surface area contributed by atoms with Gasteiger partial charge in [-0.1, -0.05) is 18.2 Å². The topological polar surface area (TPSA) is 62.8 Å². The maximum Gasteiger partial charge on any atom is 0.255 e. The van der Waals surface area contributed by atoms with E-state index in [2.05, 4.69) is 56.2 Å². The second kappa shape index (κ2) is 12.3. The molecule has 6 heteroatoms. The summed E-state index contributed by atoms with van der Waals surface area (Å²) in [4.78, 5) is 15.2. The van der Waals surface area contributed by atoms with Gasteiger partial charge >= 0.3 is 0 Å². The van der Waals surface area contributed by atoms with Crippen LogP contribution in [0.15, 0.2) is 66.7 Å². The van der Waals surface area contributed by atoms with E-state index < -0.39 is 0 Å². The molecule has 0 saturated carbocycles. The average Bonchev–Trinajstić information content (AvgIpc) is 2.83.